The summed E-state index contributed by atoms with van der Waals surface area (Å²) in [7, 11) is 0. The van der Waals surface area contributed by atoms with E-state index in [4.69, 9.17) is 15.5 Å². The summed E-state index contributed by atoms with van der Waals surface area (Å²) in [6, 6.07) is 7.92. The van der Waals surface area contributed by atoms with Gasteiger partial charge in [-0.15, -0.1) is 0 Å². The monoisotopic (exact) mass is 311 g/mol. The molecule has 1 aromatic heterocycles. The van der Waals surface area contributed by atoms with E-state index in [1.165, 1.54) is 25.9 Å². The number of rotatable bonds is 1. The molecule has 4 saturated heterocycles. The van der Waals surface area contributed by atoms with Gasteiger partial charge in [0.2, 0.25) is 0 Å². The van der Waals surface area contributed by atoms with E-state index in [2.05, 4.69) is 14.8 Å². The van der Waals surface area contributed by atoms with Crippen LogP contribution >= 0.6 is 0 Å². The number of nitrogens with two attached hydrogens (primary N) is 1. The normalized spacial score (nSPS) is 36.2. The Kier molecular flexibility index (Phi) is 2.89. The van der Waals surface area contributed by atoms with Gasteiger partial charge < -0.3 is 14.5 Å². The number of hydrogen-bond donors (Lipinski definition) is 1. The SMILES string of the molecule is NC1OC2(CN3CCC2CC3)CN1c1cnc2ccccc2n1. The molecule has 0 aliphatic carbocycles. The lowest BCUT2D eigenvalue weighted by molar-refractivity contribution is -0.137. The fraction of sp³-hybridized carbons (Fsp3) is 0.529. The molecule has 1 spiro atoms. The minimum Gasteiger partial charge on any atom is -0.335 e. The van der Waals surface area contributed by atoms with Crippen molar-refractivity contribution in [2.75, 3.05) is 31.1 Å². The van der Waals surface area contributed by atoms with E-state index in [0.29, 0.717) is 5.92 Å². The van der Waals surface area contributed by atoms with Crippen molar-refractivity contribution in [3.05, 3.63) is 30.5 Å². The van der Waals surface area contributed by atoms with Gasteiger partial charge in [-0.2, -0.15) is 0 Å². The van der Waals surface area contributed by atoms with E-state index in [1.807, 2.05) is 30.5 Å². The molecule has 0 radical (unpaired) electrons. The molecule has 4 aliphatic heterocycles. The second kappa shape index (κ2) is 4.87. The molecule has 4 fully saturated rings. The Morgan fingerprint density at radius 3 is 2.65 bits per heavy atom. The largest absolute Gasteiger partial charge is 0.335 e. The molecule has 2 N–H and O–H groups in total. The summed E-state index contributed by atoms with van der Waals surface area (Å²) in [5, 5.41) is 0. The molecule has 120 valence electrons. The molecule has 2 aromatic rings. The number of para-hydroxylation sites is 2. The summed E-state index contributed by atoms with van der Waals surface area (Å²) < 4.78 is 6.30. The van der Waals surface area contributed by atoms with Crippen molar-refractivity contribution in [2.45, 2.75) is 24.8 Å². The van der Waals surface area contributed by atoms with Crippen LogP contribution in [0.15, 0.2) is 30.5 Å². The molecule has 23 heavy (non-hydrogen) atoms. The molecule has 5 heterocycles. The van der Waals surface area contributed by atoms with Gasteiger partial charge in [-0.1, -0.05) is 12.1 Å². The Hall–Kier alpha value is -1.76. The number of nitrogens with zero attached hydrogens (tertiary/aromatic N) is 4. The summed E-state index contributed by atoms with van der Waals surface area (Å²) in [5.41, 5.74) is 7.97. The standard InChI is InChI=1S/C17H21N5O/c18-16-22(15-9-19-13-3-1-2-4-14(13)20-15)11-17(23-16)10-21-7-5-12(17)6-8-21/h1-4,9,12,16H,5-8,10-11,18H2. The third-order valence-electron chi connectivity index (χ3n) is 5.65. The molecular weight excluding hydrogens is 290 g/mol. The zero-order valence-electron chi connectivity index (χ0n) is 13.1. The third-order valence-corrected chi connectivity index (χ3v) is 5.65. The number of fused-ring (bicyclic) bond motifs is 3. The van der Waals surface area contributed by atoms with E-state index >= 15 is 0 Å². The van der Waals surface area contributed by atoms with E-state index < -0.39 is 6.35 Å². The molecule has 6 nitrogen and oxygen atoms in total. The van der Waals surface area contributed by atoms with Crippen LogP contribution in [0.5, 0.6) is 0 Å². The number of piperidine rings is 3. The molecule has 6 rings (SSSR count). The van der Waals surface area contributed by atoms with Gasteiger partial charge in [0.25, 0.3) is 0 Å². The van der Waals surface area contributed by atoms with Gasteiger partial charge in [0.1, 0.15) is 5.60 Å². The van der Waals surface area contributed by atoms with Crippen LogP contribution < -0.4 is 10.6 Å². The Balaban J connectivity index is 1.48. The molecular formula is C17H21N5O. The van der Waals surface area contributed by atoms with Gasteiger partial charge in [-0.05, 0) is 44.0 Å². The summed E-state index contributed by atoms with van der Waals surface area (Å²) in [4.78, 5) is 13.8. The van der Waals surface area contributed by atoms with Crippen LogP contribution in [0.1, 0.15) is 12.8 Å². The number of ether oxygens (including phenoxy) is 1. The maximum atomic E-state index is 6.31. The quantitative estimate of drug-likeness (QED) is 0.853. The van der Waals surface area contributed by atoms with E-state index in [-0.39, 0.29) is 5.60 Å². The van der Waals surface area contributed by atoms with Crippen molar-refractivity contribution in [1.82, 2.24) is 14.9 Å². The van der Waals surface area contributed by atoms with Gasteiger partial charge in [0.15, 0.2) is 12.2 Å². The highest BCUT2D eigenvalue weighted by atomic mass is 16.6. The molecule has 1 aromatic carbocycles. The van der Waals surface area contributed by atoms with Crippen LogP contribution in [0.3, 0.4) is 0 Å². The summed E-state index contributed by atoms with van der Waals surface area (Å²) >= 11 is 0. The topological polar surface area (TPSA) is 67.5 Å². The first-order chi connectivity index (χ1) is 11.2. The Bertz CT molecular complexity index is 745. The summed E-state index contributed by atoms with van der Waals surface area (Å²) in [6.07, 6.45) is 3.80. The Morgan fingerprint density at radius 2 is 1.91 bits per heavy atom. The first kappa shape index (κ1) is 13.7. The van der Waals surface area contributed by atoms with Crippen LogP contribution in [0.2, 0.25) is 0 Å². The van der Waals surface area contributed by atoms with Crippen LogP contribution in [-0.4, -0.2) is 53.0 Å². The molecule has 2 atom stereocenters. The van der Waals surface area contributed by atoms with Crippen molar-refractivity contribution in [3.63, 3.8) is 0 Å². The van der Waals surface area contributed by atoms with Gasteiger partial charge in [0.05, 0.1) is 23.8 Å². The highest BCUT2D eigenvalue weighted by Gasteiger charge is 2.54. The van der Waals surface area contributed by atoms with Gasteiger partial charge in [0, 0.05) is 6.54 Å². The van der Waals surface area contributed by atoms with Crippen molar-refractivity contribution in [1.29, 1.82) is 0 Å². The smallest absolute Gasteiger partial charge is 0.186 e. The van der Waals surface area contributed by atoms with Crippen molar-refractivity contribution >= 4 is 16.9 Å². The van der Waals surface area contributed by atoms with Crippen LogP contribution in [0.25, 0.3) is 11.0 Å². The van der Waals surface area contributed by atoms with Crippen LogP contribution in [0, 0.1) is 5.92 Å². The minimum atomic E-state index is -0.439. The van der Waals surface area contributed by atoms with Crippen molar-refractivity contribution in [3.8, 4) is 0 Å². The highest BCUT2D eigenvalue weighted by molar-refractivity contribution is 5.75. The lowest BCUT2D eigenvalue weighted by Gasteiger charge is -2.50. The van der Waals surface area contributed by atoms with Gasteiger partial charge in [-0.25, -0.2) is 4.98 Å². The summed E-state index contributed by atoms with van der Waals surface area (Å²) in [6.45, 7) is 4.19. The van der Waals surface area contributed by atoms with Crippen LogP contribution in [-0.2, 0) is 4.74 Å². The highest BCUT2D eigenvalue weighted by Crippen LogP contribution is 2.43. The predicted molar refractivity (Wildman–Crippen MR) is 87.8 cm³/mol. The second-order valence-electron chi connectivity index (χ2n) is 6.97. The molecule has 4 aliphatic rings. The predicted octanol–water partition coefficient (Wildman–Crippen LogP) is 1.17. The molecule has 0 saturated carbocycles. The first-order valence-corrected chi connectivity index (χ1v) is 8.38. The fourth-order valence-corrected chi connectivity index (χ4v) is 4.45. The van der Waals surface area contributed by atoms with Gasteiger partial charge >= 0.3 is 0 Å². The third kappa shape index (κ3) is 2.06. The minimum absolute atomic E-state index is 0.136. The number of benzene rings is 1. The lowest BCUT2D eigenvalue weighted by atomic mass is 9.75. The average molecular weight is 311 g/mol. The van der Waals surface area contributed by atoms with Crippen molar-refractivity contribution < 1.29 is 4.74 Å². The summed E-state index contributed by atoms with van der Waals surface area (Å²) in [5.74, 6) is 1.42. The fourth-order valence-electron chi connectivity index (χ4n) is 4.45. The number of aromatic nitrogens is 2. The molecule has 2 unspecified atom stereocenters. The lowest BCUT2D eigenvalue weighted by Crippen LogP contribution is -2.61. The Morgan fingerprint density at radius 1 is 1.13 bits per heavy atom. The average Bonchev–Trinajstić information content (AvgIpc) is 2.91. The molecule has 0 amide bonds. The van der Waals surface area contributed by atoms with E-state index in [9.17, 15) is 0 Å². The maximum Gasteiger partial charge on any atom is 0.186 e. The molecule has 2 bridgehead atoms. The second-order valence-corrected chi connectivity index (χ2v) is 6.97. The Labute approximate surface area is 135 Å². The van der Waals surface area contributed by atoms with Crippen molar-refractivity contribution in [2.24, 2.45) is 11.7 Å². The first-order valence-electron chi connectivity index (χ1n) is 8.38. The van der Waals surface area contributed by atoms with Crippen LogP contribution in [0.4, 0.5) is 5.82 Å². The maximum absolute atomic E-state index is 6.31. The van der Waals surface area contributed by atoms with E-state index in [0.717, 1.165) is 29.9 Å². The zero-order valence-corrected chi connectivity index (χ0v) is 13.1. The number of hydrogen-bond acceptors (Lipinski definition) is 6. The molecule has 6 heteroatoms. The van der Waals surface area contributed by atoms with E-state index in [1.54, 1.807) is 0 Å². The number of anilines is 1. The zero-order chi connectivity index (χ0) is 15.4. The van der Waals surface area contributed by atoms with Gasteiger partial charge in [-0.3, -0.25) is 10.7 Å².